The van der Waals surface area contributed by atoms with Gasteiger partial charge in [-0.25, -0.2) is 0 Å². The molecule has 0 bridgehead atoms. The second-order valence-electron chi connectivity index (χ2n) is 4.85. The molecule has 0 aliphatic heterocycles. The Labute approximate surface area is 119 Å². The Morgan fingerprint density at radius 3 is 2.20 bits per heavy atom. The van der Waals surface area contributed by atoms with Gasteiger partial charge in [-0.2, -0.15) is 0 Å². The minimum Gasteiger partial charge on any atom is -0.497 e. The smallest absolute Gasteiger partial charge is 0.118 e. The number of aliphatic hydroxyl groups excluding tert-OH is 2. The number of benzene rings is 2. The molecule has 0 unspecified atom stereocenters. The van der Waals surface area contributed by atoms with E-state index >= 15 is 0 Å². The second kappa shape index (κ2) is 7.08. The van der Waals surface area contributed by atoms with Crippen molar-refractivity contribution in [3.05, 3.63) is 65.7 Å². The molecule has 0 saturated carbocycles. The molecular formula is C17H20O3. The lowest BCUT2D eigenvalue weighted by atomic mass is 9.90. The highest BCUT2D eigenvalue weighted by atomic mass is 16.5. The molecule has 0 aliphatic rings. The van der Waals surface area contributed by atoms with Crippen molar-refractivity contribution in [2.45, 2.75) is 12.5 Å². The summed E-state index contributed by atoms with van der Waals surface area (Å²) in [5.74, 6) is 0.537. The summed E-state index contributed by atoms with van der Waals surface area (Å²) in [6.45, 7) is -0.0535. The maximum absolute atomic E-state index is 10.4. The molecule has 2 atom stereocenters. The number of hydrogen-bond donors (Lipinski definition) is 2. The van der Waals surface area contributed by atoms with Gasteiger partial charge in [0.25, 0.3) is 0 Å². The Morgan fingerprint density at radius 1 is 1.00 bits per heavy atom. The Hall–Kier alpha value is -1.84. The minimum atomic E-state index is -0.689. The molecule has 0 heterocycles. The summed E-state index contributed by atoms with van der Waals surface area (Å²) in [6, 6.07) is 17.2. The number of rotatable bonds is 6. The zero-order valence-corrected chi connectivity index (χ0v) is 11.6. The van der Waals surface area contributed by atoms with Gasteiger partial charge in [-0.1, -0.05) is 42.5 Å². The van der Waals surface area contributed by atoms with Crippen LogP contribution in [0.5, 0.6) is 5.75 Å². The van der Waals surface area contributed by atoms with E-state index in [1.165, 1.54) is 0 Å². The molecule has 3 nitrogen and oxygen atoms in total. The molecule has 0 aromatic heterocycles. The van der Waals surface area contributed by atoms with E-state index in [0.29, 0.717) is 6.42 Å². The summed E-state index contributed by atoms with van der Waals surface area (Å²) < 4.78 is 5.10. The standard InChI is InChI=1S/C17H20O3/c1-20-16-9-7-14(8-10-16)17(19)15(12-18)11-13-5-3-2-4-6-13/h2-10,15,17-19H,11-12H2,1H3/t15-,17+/m0/s1. The van der Waals surface area contributed by atoms with Gasteiger partial charge in [0.05, 0.1) is 13.2 Å². The van der Waals surface area contributed by atoms with E-state index in [1.807, 2.05) is 54.6 Å². The second-order valence-corrected chi connectivity index (χ2v) is 4.85. The first-order valence-electron chi connectivity index (χ1n) is 6.71. The zero-order chi connectivity index (χ0) is 14.4. The summed E-state index contributed by atoms with van der Waals surface area (Å²) in [7, 11) is 1.61. The molecule has 2 N–H and O–H groups in total. The Kier molecular flexibility index (Phi) is 5.16. The lowest BCUT2D eigenvalue weighted by molar-refractivity contribution is 0.0668. The van der Waals surface area contributed by atoms with E-state index in [9.17, 15) is 10.2 Å². The minimum absolute atomic E-state index is 0.0535. The van der Waals surface area contributed by atoms with Gasteiger partial charge >= 0.3 is 0 Å². The van der Waals surface area contributed by atoms with Crippen LogP contribution in [0.15, 0.2) is 54.6 Å². The molecule has 3 heteroatoms. The summed E-state index contributed by atoms with van der Waals surface area (Å²) in [4.78, 5) is 0. The third-order valence-corrected chi connectivity index (χ3v) is 3.48. The highest BCUT2D eigenvalue weighted by Gasteiger charge is 2.20. The van der Waals surface area contributed by atoms with Gasteiger partial charge in [-0.15, -0.1) is 0 Å². The van der Waals surface area contributed by atoms with Crippen LogP contribution in [0.25, 0.3) is 0 Å². The van der Waals surface area contributed by atoms with E-state index in [-0.39, 0.29) is 12.5 Å². The number of ether oxygens (including phenoxy) is 1. The lowest BCUT2D eigenvalue weighted by Crippen LogP contribution is -2.19. The van der Waals surface area contributed by atoms with Gasteiger partial charge in [0.1, 0.15) is 5.75 Å². The fourth-order valence-corrected chi connectivity index (χ4v) is 2.27. The molecule has 2 rings (SSSR count). The Morgan fingerprint density at radius 2 is 1.65 bits per heavy atom. The third kappa shape index (κ3) is 3.59. The topological polar surface area (TPSA) is 49.7 Å². The average molecular weight is 272 g/mol. The third-order valence-electron chi connectivity index (χ3n) is 3.48. The van der Waals surface area contributed by atoms with Crippen LogP contribution in [0.1, 0.15) is 17.2 Å². The van der Waals surface area contributed by atoms with Crippen molar-refractivity contribution in [1.29, 1.82) is 0 Å². The molecule has 0 aliphatic carbocycles. The first-order chi connectivity index (χ1) is 9.74. The maximum atomic E-state index is 10.4. The van der Waals surface area contributed by atoms with Crippen molar-refractivity contribution in [2.24, 2.45) is 5.92 Å². The van der Waals surface area contributed by atoms with Crippen LogP contribution in [0.4, 0.5) is 0 Å². The van der Waals surface area contributed by atoms with E-state index in [0.717, 1.165) is 16.9 Å². The lowest BCUT2D eigenvalue weighted by Gasteiger charge is -2.21. The number of hydrogen-bond acceptors (Lipinski definition) is 3. The van der Waals surface area contributed by atoms with Crippen molar-refractivity contribution < 1.29 is 14.9 Å². The van der Waals surface area contributed by atoms with Crippen LogP contribution < -0.4 is 4.74 Å². The first kappa shape index (κ1) is 14.6. The van der Waals surface area contributed by atoms with Gasteiger partial charge in [0, 0.05) is 12.5 Å². The summed E-state index contributed by atoms with van der Waals surface area (Å²) in [6.07, 6.45) is -0.0454. The van der Waals surface area contributed by atoms with Crippen LogP contribution in [0.2, 0.25) is 0 Å². The van der Waals surface area contributed by atoms with Crippen LogP contribution in [0, 0.1) is 5.92 Å². The van der Waals surface area contributed by atoms with Crippen molar-refractivity contribution in [2.75, 3.05) is 13.7 Å². The predicted octanol–water partition coefficient (Wildman–Crippen LogP) is 2.58. The normalized spacial score (nSPS) is 13.8. The average Bonchev–Trinajstić information content (AvgIpc) is 2.53. The molecule has 0 saturated heterocycles. The molecule has 20 heavy (non-hydrogen) atoms. The van der Waals surface area contributed by atoms with Gasteiger partial charge < -0.3 is 14.9 Å². The van der Waals surface area contributed by atoms with E-state index in [1.54, 1.807) is 7.11 Å². The van der Waals surface area contributed by atoms with Crippen molar-refractivity contribution >= 4 is 0 Å². The Bertz CT molecular complexity index is 508. The highest BCUT2D eigenvalue weighted by molar-refractivity contribution is 5.29. The van der Waals surface area contributed by atoms with Gasteiger partial charge in [0.2, 0.25) is 0 Å². The van der Waals surface area contributed by atoms with Gasteiger partial charge in [-0.05, 0) is 29.7 Å². The predicted molar refractivity (Wildman–Crippen MR) is 78.7 cm³/mol. The van der Waals surface area contributed by atoms with E-state index in [2.05, 4.69) is 0 Å². The molecule has 106 valence electrons. The molecular weight excluding hydrogens is 252 g/mol. The molecule has 0 radical (unpaired) electrons. The van der Waals surface area contributed by atoms with Crippen molar-refractivity contribution in [3.63, 3.8) is 0 Å². The van der Waals surface area contributed by atoms with Crippen LogP contribution >= 0.6 is 0 Å². The summed E-state index contributed by atoms with van der Waals surface area (Å²) >= 11 is 0. The molecule has 2 aromatic rings. The summed E-state index contributed by atoms with van der Waals surface area (Å²) in [5.41, 5.74) is 1.90. The van der Waals surface area contributed by atoms with Crippen molar-refractivity contribution in [3.8, 4) is 5.75 Å². The molecule has 0 spiro atoms. The molecule has 0 fully saturated rings. The van der Waals surface area contributed by atoms with Crippen LogP contribution in [0.3, 0.4) is 0 Å². The quantitative estimate of drug-likeness (QED) is 0.849. The fourth-order valence-electron chi connectivity index (χ4n) is 2.27. The van der Waals surface area contributed by atoms with E-state index < -0.39 is 6.10 Å². The van der Waals surface area contributed by atoms with Crippen LogP contribution in [-0.4, -0.2) is 23.9 Å². The largest absolute Gasteiger partial charge is 0.497 e. The molecule has 2 aromatic carbocycles. The number of aliphatic hydroxyl groups is 2. The monoisotopic (exact) mass is 272 g/mol. The highest BCUT2D eigenvalue weighted by Crippen LogP contribution is 2.26. The van der Waals surface area contributed by atoms with Gasteiger partial charge in [-0.3, -0.25) is 0 Å². The van der Waals surface area contributed by atoms with E-state index in [4.69, 9.17) is 4.74 Å². The zero-order valence-electron chi connectivity index (χ0n) is 11.6. The number of methoxy groups -OCH3 is 1. The fraction of sp³-hybridized carbons (Fsp3) is 0.294. The van der Waals surface area contributed by atoms with Gasteiger partial charge in [0.15, 0.2) is 0 Å². The molecule has 0 amide bonds. The summed E-state index contributed by atoms with van der Waals surface area (Å²) in [5, 5.41) is 19.9. The van der Waals surface area contributed by atoms with Crippen molar-refractivity contribution in [1.82, 2.24) is 0 Å². The Balaban J connectivity index is 2.09. The van der Waals surface area contributed by atoms with Crippen LogP contribution in [-0.2, 0) is 6.42 Å². The SMILES string of the molecule is COc1ccc([C@@H](O)[C@H](CO)Cc2ccccc2)cc1. The first-order valence-corrected chi connectivity index (χ1v) is 6.71. The maximum Gasteiger partial charge on any atom is 0.118 e.